The average Bonchev–Trinajstić information content (AvgIpc) is 2.91. The van der Waals surface area contributed by atoms with Crippen molar-refractivity contribution in [1.82, 2.24) is 10.2 Å². The Kier molecular flexibility index (Phi) is 4.86. The summed E-state index contributed by atoms with van der Waals surface area (Å²) in [4.78, 5) is 2.12. The molecule has 1 saturated heterocycles. The normalized spacial score (nSPS) is 25.0. The predicted molar refractivity (Wildman–Crippen MR) is 62.2 cm³/mol. The van der Waals surface area contributed by atoms with E-state index in [1.165, 1.54) is 19.3 Å². The molecule has 106 valence electrons. The highest BCUT2D eigenvalue weighted by atomic mass is 19.4. The van der Waals surface area contributed by atoms with Gasteiger partial charge in [-0.15, -0.1) is 13.2 Å². The fraction of sp³-hybridized carbons (Fsp3) is 1.00. The molecule has 1 aliphatic carbocycles. The molecule has 3 nitrogen and oxygen atoms in total. The first kappa shape index (κ1) is 14.1. The van der Waals surface area contributed by atoms with Crippen molar-refractivity contribution in [1.29, 1.82) is 0 Å². The van der Waals surface area contributed by atoms with Gasteiger partial charge in [-0.3, -0.25) is 9.64 Å². The largest absolute Gasteiger partial charge is 0.522 e. The number of nitrogens with zero attached hydrogens (tertiary/aromatic N) is 1. The van der Waals surface area contributed by atoms with Crippen molar-refractivity contribution < 1.29 is 17.9 Å². The molecule has 2 rings (SSSR count). The second-order valence-electron chi connectivity index (χ2n) is 5.29. The van der Waals surface area contributed by atoms with E-state index in [0.717, 1.165) is 26.1 Å². The summed E-state index contributed by atoms with van der Waals surface area (Å²) in [5.74, 6) is 0.692. The van der Waals surface area contributed by atoms with E-state index < -0.39 is 6.36 Å². The first-order valence-electron chi connectivity index (χ1n) is 6.69. The van der Waals surface area contributed by atoms with E-state index in [1.807, 2.05) is 0 Å². The van der Waals surface area contributed by atoms with Crippen LogP contribution in [0.3, 0.4) is 0 Å². The molecule has 1 heterocycles. The molecule has 0 amide bonds. The summed E-state index contributed by atoms with van der Waals surface area (Å²) in [7, 11) is 0. The Morgan fingerprint density at radius 1 is 1.17 bits per heavy atom. The standard InChI is InChI=1S/C12H21F3N2O/c13-12(14,15)18-7-6-17(8-10-3-4-10)9-11-2-1-5-16-11/h10-11,16H,1-9H2. The lowest BCUT2D eigenvalue weighted by Gasteiger charge is -2.25. The Bertz CT molecular complexity index is 250. The Morgan fingerprint density at radius 2 is 1.94 bits per heavy atom. The molecular formula is C12H21F3N2O. The van der Waals surface area contributed by atoms with Crippen LogP contribution < -0.4 is 5.32 Å². The minimum atomic E-state index is -4.50. The molecule has 1 unspecified atom stereocenters. The SMILES string of the molecule is FC(F)(F)OCCN(CC1CC1)CC1CCCN1. The van der Waals surface area contributed by atoms with Crippen LogP contribution >= 0.6 is 0 Å². The Morgan fingerprint density at radius 3 is 2.50 bits per heavy atom. The maximum absolute atomic E-state index is 11.9. The van der Waals surface area contributed by atoms with Gasteiger partial charge in [0.05, 0.1) is 6.61 Å². The van der Waals surface area contributed by atoms with Gasteiger partial charge in [-0.2, -0.15) is 0 Å². The molecule has 18 heavy (non-hydrogen) atoms. The van der Waals surface area contributed by atoms with Crippen molar-refractivity contribution in [2.75, 3.05) is 32.8 Å². The second kappa shape index (κ2) is 6.21. The van der Waals surface area contributed by atoms with Crippen LogP contribution in [0.4, 0.5) is 13.2 Å². The highest BCUT2D eigenvalue weighted by Gasteiger charge is 2.30. The van der Waals surface area contributed by atoms with Crippen molar-refractivity contribution in [2.24, 2.45) is 5.92 Å². The molecule has 6 heteroatoms. The van der Waals surface area contributed by atoms with E-state index in [0.29, 0.717) is 18.5 Å². The van der Waals surface area contributed by atoms with Gasteiger partial charge in [0.2, 0.25) is 0 Å². The van der Waals surface area contributed by atoms with Gasteiger partial charge in [-0.25, -0.2) is 0 Å². The molecule has 0 radical (unpaired) electrons. The van der Waals surface area contributed by atoms with Crippen LogP contribution in [-0.4, -0.2) is 50.1 Å². The molecule has 2 aliphatic rings. The Labute approximate surface area is 106 Å². The third kappa shape index (κ3) is 5.54. The minimum Gasteiger partial charge on any atom is -0.313 e. The lowest BCUT2D eigenvalue weighted by molar-refractivity contribution is -0.325. The summed E-state index contributed by atoms with van der Waals surface area (Å²) < 4.78 is 39.7. The van der Waals surface area contributed by atoms with Crippen LogP contribution in [0.25, 0.3) is 0 Å². The molecule has 0 aromatic heterocycles. The number of alkyl halides is 3. The zero-order valence-electron chi connectivity index (χ0n) is 10.5. The fourth-order valence-electron chi connectivity index (χ4n) is 2.44. The third-order valence-corrected chi connectivity index (χ3v) is 3.53. The highest BCUT2D eigenvalue weighted by molar-refractivity contribution is 4.82. The van der Waals surface area contributed by atoms with E-state index >= 15 is 0 Å². The maximum Gasteiger partial charge on any atom is 0.522 e. The Balaban J connectivity index is 1.69. The van der Waals surface area contributed by atoms with Gasteiger partial charge >= 0.3 is 6.36 Å². The van der Waals surface area contributed by atoms with E-state index in [9.17, 15) is 13.2 Å². The quantitative estimate of drug-likeness (QED) is 0.762. The summed E-state index contributed by atoms with van der Waals surface area (Å²) in [6, 6.07) is 0.439. The van der Waals surface area contributed by atoms with E-state index in [4.69, 9.17) is 0 Å². The summed E-state index contributed by atoms with van der Waals surface area (Å²) in [6.07, 6.45) is 0.225. The number of hydrogen-bond acceptors (Lipinski definition) is 3. The zero-order valence-corrected chi connectivity index (χ0v) is 10.5. The van der Waals surface area contributed by atoms with Crippen molar-refractivity contribution in [2.45, 2.75) is 38.1 Å². The van der Waals surface area contributed by atoms with Crippen molar-refractivity contribution in [3.05, 3.63) is 0 Å². The van der Waals surface area contributed by atoms with E-state index in [-0.39, 0.29) is 6.61 Å². The number of halogens is 3. The summed E-state index contributed by atoms with van der Waals surface area (Å²) in [6.45, 7) is 2.90. The van der Waals surface area contributed by atoms with Gasteiger partial charge in [-0.1, -0.05) is 0 Å². The fourth-order valence-corrected chi connectivity index (χ4v) is 2.44. The van der Waals surface area contributed by atoms with E-state index in [1.54, 1.807) is 0 Å². The molecule has 1 N–H and O–H groups in total. The zero-order chi connectivity index (χ0) is 13.0. The van der Waals surface area contributed by atoms with E-state index in [2.05, 4.69) is 15.0 Å². The topological polar surface area (TPSA) is 24.5 Å². The number of hydrogen-bond donors (Lipinski definition) is 1. The minimum absolute atomic E-state index is 0.261. The number of nitrogens with one attached hydrogen (secondary N) is 1. The summed E-state index contributed by atoms with van der Waals surface area (Å²) in [5, 5.41) is 3.38. The van der Waals surface area contributed by atoms with Gasteiger partial charge in [-0.05, 0) is 38.1 Å². The second-order valence-corrected chi connectivity index (χ2v) is 5.29. The van der Waals surface area contributed by atoms with Gasteiger partial charge in [0, 0.05) is 25.7 Å². The van der Waals surface area contributed by atoms with Gasteiger partial charge < -0.3 is 5.32 Å². The number of ether oxygens (including phenoxy) is 1. The summed E-state index contributed by atoms with van der Waals surface area (Å²) in [5.41, 5.74) is 0. The van der Waals surface area contributed by atoms with Crippen LogP contribution in [0.1, 0.15) is 25.7 Å². The van der Waals surface area contributed by atoms with Crippen LogP contribution in [0.2, 0.25) is 0 Å². The molecule has 0 bridgehead atoms. The molecular weight excluding hydrogens is 245 g/mol. The molecule has 1 aliphatic heterocycles. The highest BCUT2D eigenvalue weighted by Crippen LogP contribution is 2.30. The van der Waals surface area contributed by atoms with Gasteiger partial charge in [0.15, 0.2) is 0 Å². The molecule has 0 aromatic carbocycles. The molecule has 0 spiro atoms. The summed E-state index contributed by atoms with van der Waals surface area (Å²) >= 11 is 0. The van der Waals surface area contributed by atoms with Crippen LogP contribution in [0.15, 0.2) is 0 Å². The molecule has 1 saturated carbocycles. The van der Waals surface area contributed by atoms with Crippen molar-refractivity contribution >= 4 is 0 Å². The molecule has 2 fully saturated rings. The van der Waals surface area contributed by atoms with Crippen LogP contribution in [-0.2, 0) is 4.74 Å². The third-order valence-electron chi connectivity index (χ3n) is 3.53. The molecule has 0 aromatic rings. The lowest BCUT2D eigenvalue weighted by atomic mass is 10.2. The molecule has 1 atom stereocenters. The first-order valence-corrected chi connectivity index (χ1v) is 6.69. The monoisotopic (exact) mass is 266 g/mol. The van der Waals surface area contributed by atoms with Crippen LogP contribution in [0.5, 0.6) is 0 Å². The lowest BCUT2D eigenvalue weighted by Crippen LogP contribution is -2.40. The number of rotatable bonds is 7. The average molecular weight is 266 g/mol. The smallest absolute Gasteiger partial charge is 0.313 e. The first-order chi connectivity index (χ1) is 8.53. The van der Waals surface area contributed by atoms with Crippen molar-refractivity contribution in [3.63, 3.8) is 0 Å². The Hall–Kier alpha value is -0.330. The predicted octanol–water partition coefficient (Wildman–Crippen LogP) is 1.99. The van der Waals surface area contributed by atoms with Gasteiger partial charge in [0.1, 0.15) is 0 Å². The van der Waals surface area contributed by atoms with Gasteiger partial charge in [0.25, 0.3) is 0 Å². The van der Waals surface area contributed by atoms with Crippen LogP contribution in [0, 0.1) is 5.92 Å². The van der Waals surface area contributed by atoms with Crippen molar-refractivity contribution in [3.8, 4) is 0 Å². The maximum atomic E-state index is 11.9.